The van der Waals surface area contributed by atoms with Crippen molar-refractivity contribution in [2.45, 2.75) is 0 Å². The molecule has 11 heavy (non-hydrogen) atoms. The zero-order chi connectivity index (χ0) is 8.91. The maximum absolute atomic E-state index is 9.16. The molecule has 0 aliphatic rings. The highest BCUT2D eigenvalue weighted by Gasteiger charge is 1.88. The predicted molar refractivity (Wildman–Crippen MR) is 52.6 cm³/mol. The van der Waals surface area contributed by atoms with Gasteiger partial charge >= 0.3 is 8.26 Å². The van der Waals surface area contributed by atoms with Crippen LogP contribution in [0.5, 0.6) is 0 Å². The van der Waals surface area contributed by atoms with Gasteiger partial charge in [-0.25, -0.2) is 0 Å². The largest absolute Gasteiger partial charge is 0.317 e. The Balaban J connectivity index is 0.000000187. The van der Waals surface area contributed by atoms with Crippen molar-refractivity contribution in [1.82, 2.24) is 0 Å². The van der Waals surface area contributed by atoms with Crippen molar-refractivity contribution in [2.75, 3.05) is 0 Å². The first-order valence-corrected chi connectivity index (χ1v) is 7.03. The van der Waals surface area contributed by atoms with Gasteiger partial charge in [-0.1, -0.05) is 6.07 Å². The second kappa shape index (κ2) is 5.37. The van der Waals surface area contributed by atoms with Crippen LogP contribution >= 0.6 is 48.6 Å². The first-order valence-electron chi connectivity index (χ1n) is 2.23. The molecule has 0 aromatic carbocycles. The fraction of sp³-hybridized carbons (Fsp3) is 0. The third kappa shape index (κ3) is 13.7. The van der Waals surface area contributed by atoms with Crippen LogP contribution in [0.2, 0.25) is 0 Å². The van der Waals surface area contributed by atoms with Crippen LogP contribution in [0.3, 0.4) is 0 Å². The van der Waals surface area contributed by atoms with Crippen LogP contribution in [0.15, 0.2) is 21.3 Å². The quantitative estimate of drug-likeness (QED) is 0.689. The highest BCUT2D eigenvalue weighted by Crippen LogP contribution is 2.14. The van der Waals surface area contributed by atoms with E-state index in [0.29, 0.717) is 0 Å². The van der Waals surface area contributed by atoms with Gasteiger partial charge in [0.25, 0.3) is 0 Å². The summed E-state index contributed by atoms with van der Waals surface area (Å²) in [6, 6.07) is 4.03. The number of thiophene rings is 1. The first kappa shape index (κ1) is 11.7. The van der Waals surface area contributed by atoms with Gasteiger partial charge in [0, 0.05) is 21.4 Å². The molecule has 0 radical (unpaired) electrons. The SMILES string of the molecule is Brc1cccs1.O=S(=O)(Cl)Cl. The predicted octanol–water partition coefficient (Wildman–Crippen LogP) is 3.22. The highest BCUT2D eigenvalue weighted by molar-refractivity contribution is 9.11. The van der Waals surface area contributed by atoms with Crippen molar-refractivity contribution in [3.8, 4) is 0 Å². The molecule has 0 saturated carbocycles. The molecule has 0 atom stereocenters. The Morgan fingerprint density at radius 1 is 1.45 bits per heavy atom. The summed E-state index contributed by atoms with van der Waals surface area (Å²) in [5, 5.41) is 2.03. The van der Waals surface area contributed by atoms with Gasteiger partial charge < -0.3 is 0 Å². The lowest BCUT2D eigenvalue weighted by Gasteiger charge is -1.62. The van der Waals surface area contributed by atoms with E-state index < -0.39 is 8.26 Å². The van der Waals surface area contributed by atoms with E-state index in [1.165, 1.54) is 3.79 Å². The van der Waals surface area contributed by atoms with Crippen LogP contribution in [0, 0.1) is 0 Å². The molecule has 0 amide bonds. The minimum atomic E-state index is -3.72. The van der Waals surface area contributed by atoms with E-state index in [-0.39, 0.29) is 0 Å². The molecule has 2 nitrogen and oxygen atoms in total. The lowest BCUT2D eigenvalue weighted by Crippen LogP contribution is -1.63. The molecule has 1 heterocycles. The van der Waals surface area contributed by atoms with Crippen molar-refractivity contribution >= 4 is 56.9 Å². The molecule has 0 bridgehead atoms. The molecule has 64 valence electrons. The van der Waals surface area contributed by atoms with Crippen LogP contribution in [-0.4, -0.2) is 8.42 Å². The van der Waals surface area contributed by atoms with Gasteiger partial charge in [0.2, 0.25) is 0 Å². The molecule has 1 aromatic heterocycles. The van der Waals surface area contributed by atoms with Gasteiger partial charge in [-0.05, 0) is 27.4 Å². The van der Waals surface area contributed by atoms with Crippen molar-refractivity contribution < 1.29 is 8.42 Å². The Morgan fingerprint density at radius 2 is 1.91 bits per heavy atom. The summed E-state index contributed by atoms with van der Waals surface area (Å²) in [5.74, 6) is 0. The van der Waals surface area contributed by atoms with Crippen LogP contribution in [0.4, 0.5) is 0 Å². The number of hydrogen-bond donors (Lipinski definition) is 0. The average molecular weight is 298 g/mol. The summed E-state index contributed by atoms with van der Waals surface area (Å²) in [7, 11) is 4.81. The summed E-state index contributed by atoms with van der Waals surface area (Å²) in [5.41, 5.74) is 0. The topological polar surface area (TPSA) is 34.1 Å². The minimum absolute atomic E-state index is 1.20. The van der Waals surface area contributed by atoms with E-state index in [1.807, 2.05) is 17.5 Å². The van der Waals surface area contributed by atoms with Crippen LogP contribution < -0.4 is 0 Å². The van der Waals surface area contributed by atoms with Gasteiger partial charge in [-0.3, -0.25) is 0 Å². The molecule has 1 rings (SSSR count). The Labute approximate surface area is 86.2 Å². The van der Waals surface area contributed by atoms with E-state index in [0.717, 1.165) is 0 Å². The van der Waals surface area contributed by atoms with Crippen molar-refractivity contribution in [3.05, 3.63) is 21.3 Å². The second-order valence-electron chi connectivity index (χ2n) is 1.30. The maximum atomic E-state index is 9.16. The van der Waals surface area contributed by atoms with Crippen molar-refractivity contribution in [1.29, 1.82) is 0 Å². The van der Waals surface area contributed by atoms with Gasteiger partial charge in [-0.2, -0.15) is 8.42 Å². The molecule has 0 aliphatic carbocycles. The number of halogens is 3. The lowest BCUT2D eigenvalue weighted by atomic mass is 10.7. The smallest absolute Gasteiger partial charge is 0.195 e. The van der Waals surface area contributed by atoms with Gasteiger partial charge in [0.05, 0.1) is 3.79 Å². The molecule has 0 N–H and O–H groups in total. The number of hydrogen-bond acceptors (Lipinski definition) is 3. The fourth-order valence-corrected chi connectivity index (χ4v) is 1.18. The summed E-state index contributed by atoms with van der Waals surface area (Å²) in [4.78, 5) is 0. The fourth-order valence-electron chi connectivity index (χ4n) is 0.259. The Morgan fingerprint density at radius 3 is 2.00 bits per heavy atom. The Hall–Kier alpha value is 0.710. The highest BCUT2D eigenvalue weighted by atomic mass is 79.9. The Kier molecular flexibility index (Phi) is 5.72. The molecule has 0 unspecified atom stereocenters. The van der Waals surface area contributed by atoms with E-state index in [1.54, 1.807) is 11.3 Å². The molecule has 1 aromatic rings. The Bertz CT molecular complexity index is 273. The van der Waals surface area contributed by atoms with Crippen molar-refractivity contribution in [3.63, 3.8) is 0 Å². The van der Waals surface area contributed by atoms with E-state index in [2.05, 4.69) is 37.3 Å². The summed E-state index contributed by atoms with van der Waals surface area (Å²) in [6.07, 6.45) is 0. The normalized spacial score (nSPS) is 10.1. The molecule has 0 saturated heterocycles. The summed E-state index contributed by atoms with van der Waals surface area (Å²) in [6.45, 7) is 0. The third-order valence-corrected chi connectivity index (χ3v) is 1.97. The molecule has 0 aliphatic heterocycles. The van der Waals surface area contributed by atoms with E-state index >= 15 is 0 Å². The average Bonchev–Trinajstić information content (AvgIpc) is 2.12. The van der Waals surface area contributed by atoms with Crippen LogP contribution in [0.25, 0.3) is 0 Å². The first-order chi connectivity index (χ1) is 4.89. The zero-order valence-electron chi connectivity index (χ0n) is 5.00. The van der Waals surface area contributed by atoms with Gasteiger partial charge in [-0.15, -0.1) is 11.3 Å². The third-order valence-electron chi connectivity index (χ3n) is 0.486. The van der Waals surface area contributed by atoms with Crippen LogP contribution in [0.1, 0.15) is 0 Å². The van der Waals surface area contributed by atoms with E-state index in [9.17, 15) is 0 Å². The zero-order valence-corrected chi connectivity index (χ0v) is 9.73. The monoisotopic (exact) mass is 296 g/mol. The molecule has 0 fully saturated rings. The van der Waals surface area contributed by atoms with Gasteiger partial charge in [0.15, 0.2) is 0 Å². The second-order valence-corrected chi connectivity index (χ2v) is 7.29. The standard InChI is InChI=1S/C4H3BrS.Cl2O2S/c5-4-2-1-3-6-4;1-5(2,3)4/h1-3H;. The van der Waals surface area contributed by atoms with E-state index in [4.69, 9.17) is 8.42 Å². The summed E-state index contributed by atoms with van der Waals surface area (Å²) < 4.78 is 19.5. The maximum Gasteiger partial charge on any atom is 0.317 e. The van der Waals surface area contributed by atoms with Gasteiger partial charge in [0.1, 0.15) is 0 Å². The lowest BCUT2D eigenvalue weighted by molar-refractivity contribution is 0.621. The minimum Gasteiger partial charge on any atom is -0.195 e. The van der Waals surface area contributed by atoms with Crippen molar-refractivity contribution in [2.24, 2.45) is 0 Å². The molecular weight excluding hydrogens is 295 g/mol. The molecule has 0 spiro atoms. The summed E-state index contributed by atoms with van der Waals surface area (Å²) >= 11 is 4.99. The molecular formula is C4H3BrCl2O2S2. The molecule has 7 heteroatoms. The van der Waals surface area contributed by atoms with Crippen LogP contribution in [-0.2, 0) is 8.26 Å². The number of rotatable bonds is 0.